The summed E-state index contributed by atoms with van der Waals surface area (Å²) in [5.41, 5.74) is 0. The molecule has 0 aromatic carbocycles. The molecular formula is C13H24N2O3. The van der Waals surface area contributed by atoms with Gasteiger partial charge in [-0.2, -0.15) is 0 Å². The average molecular weight is 256 g/mol. The summed E-state index contributed by atoms with van der Waals surface area (Å²) in [5.74, 6) is 0.275. The average Bonchev–Trinajstić information content (AvgIpc) is 2.72. The maximum atomic E-state index is 11.8. The van der Waals surface area contributed by atoms with E-state index in [-0.39, 0.29) is 30.1 Å². The van der Waals surface area contributed by atoms with Gasteiger partial charge in [0.15, 0.2) is 5.78 Å². The number of nitrogens with one attached hydrogen (secondary N) is 1. The quantitative estimate of drug-likeness (QED) is 0.703. The third kappa shape index (κ3) is 4.38. The predicted molar refractivity (Wildman–Crippen MR) is 69.1 cm³/mol. The summed E-state index contributed by atoms with van der Waals surface area (Å²) in [6.45, 7) is 7.44. The number of ketones is 1. The van der Waals surface area contributed by atoms with Crippen molar-refractivity contribution in [2.24, 2.45) is 11.8 Å². The van der Waals surface area contributed by atoms with Gasteiger partial charge in [-0.15, -0.1) is 0 Å². The number of carbonyl (C=O) groups is 2. The highest BCUT2D eigenvalue weighted by atomic mass is 16.3. The summed E-state index contributed by atoms with van der Waals surface area (Å²) in [7, 11) is 0. The summed E-state index contributed by atoms with van der Waals surface area (Å²) in [5, 5.41) is 11.8. The van der Waals surface area contributed by atoms with E-state index in [9.17, 15) is 9.59 Å². The molecule has 5 nitrogen and oxygen atoms in total. The Morgan fingerprint density at radius 3 is 2.56 bits per heavy atom. The van der Waals surface area contributed by atoms with Crippen LogP contribution in [0.5, 0.6) is 0 Å². The van der Waals surface area contributed by atoms with E-state index in [1.165, 1.54) is 6.92 Å². The van der Waals surface area contributed by atoms with E-state index in [4.69, 9.17) is 5.11 Å². The minimum absolute atomic E-state index is 0.00648. The van der Waals surface area contributed by atoms with Crippen LogP contribution in [0.1, 0.15) is 27.2 Å². The fourth-order valence-electron chi connectivity index (χ4n) is 2.37. The van der Waals surface area contributed by atoms with E-state index in [1.807, 2.05) is 18.7 Å². The van der Waals surface area contributed by atoms with Crippen LogP contribution in [-0.4, -0.2) is 54.0 Å². The first-order chi connectivity index (χ1) is 8.43. The molecule has 0 saturated carbocycles. The third-order valence-corrected chi connectivity index (χ3v) is 3.42. The number of hydrogen-bond donors (Lipinski definition) is 2. The highest BCUT2D eigenvalue weighted by Gasteiger charge is 2.25. The lowest BCUT2D eigenvalue weighted by Crippen LogP contribution is -2.47. The fourth-order valence-corrected chi connectivity index (χ4v) is 2.37. The molecule has 2 N–H and O–H groups in total. The Morgan fingerprint density at radius 2 is 2.11 bits per heavy atom. The summed E-state index contributed by atoms with van der Waals surface area (Å²) >= 11 is 0. The second kappa shape index (κ2) is 6.85. The smallest absolute Gasteiger partial charge is 0.234 e. The van der Waals surface area contributed by atoms with Crippen LogP contribution in [-0.2, 0) is 9.59 Å². The van der Waals surface area contributed by atoms with Crippen LogP contribution in [0.15, 0.2) is 0 Å². The molecule has 0 aromatic heterocycles. The lowest BCUT2D eigenvalue weighted by Gasteiger charge is -2.21. The van der Waals surface area contributed by atoms with Gasteiger partial charge in [0.1, 0.15) is 0 Å². The Kier molecular flexibility index (Phi) is 5.75. The van der Waals surface area contributed by atoms with Gasteiger partial charge >= 0.3 is 0 Å². The molecule has 0 spiro atoms. The molecule has 0 bridgehead atoms. The van der Waals surface area contributed by atoms with Crippen molar-refractivity contribution < 1.29 is 14.7 Å². The van der Waals surface area contributed by atoms with E-state index >= 15 is 0 Å². The van der Waals surface area contributed by atoms with Gasteiger partial charge in [-0.05, 0) is 31.7 Å². The topological polar surface area (TPSA) is 69.6 Å². The lowest BCUT2D eigenvalue weighted by molar-refractivity contribution is -0.128. The van der Waals surface area contributed by atoms with Crippen LogP contribution in [0, 0.1) is 11.8 Å². The first-order valence-corrected chi connectivity index (χ1v) is 6.57. The molecule has 2 unspecified atom stereocenters. The van der Waals surface area contributed by atoms with Crippen LogP contribution >= 0.6 is 0 Å². The molecule has 1 aliphatic heterocycles. The Bertz CT molecular complexity index is 305. The van der Waals surface area contributed by atoms with Gasteiger partial charge in [0.05, 0.1) is 12.6 Å². The zero-order valence-corrected chi connectivity index (χ0v) is 11.5. The van der Waals surface area contributed by atoms with Crippen LogP contribution in [0.2, 0.25) is 0 Å². The molecule has 104 valence electrons. The van der Waals surface area contributed by atoms with E-state index in [0.717, 1.165) is 19.5 Å². The number of aliphatic hydroxyl groups excluding tert-OH is 1. The van der Waals surface area contributed by atoms with Crippen molar-refractivity contribution in [3.63, 3.8) is 0 Å². The maximum absolute atomic E-state index is 11.8. The molecule has 0 aromatic rings. The maximum Gasteiger partial charge on any atom is 0.234 e. The van der Waals surface area contributed by atoms with Crippen molar-refractivity contribution in [2.45, 2.75) is 33.2 Å². The summed E-state index contributed by atoms with van der Waals surface area (Å²) in [6.07, 6.45) is 0.935. The molecule has 5 heteroatoms. The van der Waals surface area contributed by atoms with Gasteiger partial charge < -0.3 is 10.4 Å². The van der Waals surface area contributed by atoms with Crippen molar-refractivity contribution in [3.8, 4) is 0 Å². The summed E-state index contributed by atoms with van der Waals surface area (Å²) in [4.78, 5) is 25.3. The van der Waals surface area contributed by atoms with Crippen molar-refractivity contribution in [3.05, 3.63) is 0 Å². The fraction of sp³-hybridized carbons (Fsp3) is 0.846. The van der Waals surface area contributed by atoms with E-state index in [1.54, 1.807) is 0 Å². The van der Waals surface area contributed by atoms with Crippen LogP contribution in [0.4, 0.5) is 0 Å². The van der Waals surface area contributed by atoms with Gasteiger partial charge in [0.2, 0.25) is 5.91 Å². The van der Waals surface area contributed by atoms with Gasteiger partial charge in [-0.3, -0.25) is 14.5 Å². The van der Waals surface area contributed by atoms with E-state index in [2.05, 4.69) is 5.32 Å². The standard InChI is InChI=1S/C13H24N2O3/c1-9(2)13(10(3)17)14-12(18)7-15-5-4-11(6-15)8-16/h9,11,13,16H,4-8H2,1-3H3,(H,14,18). The molecule has 1 amide bonds. The largest absolute Gasteiger partial charge is 0.396 e. The van der Waals surface area contributed by atoms with Crippen molar-refractivity contribution in [2.75, 3.05) is 26.2 Å². The molecule has 1 saturated heterocycles. The number of Topliss-reactive ketones (excluding diaryl/α,β-unsaturated/α-hetero) is 1. The van der Waals surface area contributed by atoms with E-state index < -0.39 is 6.04 Å². The zero-order valence-electron chi connectivity index (χ0n) is 11.5. The number of rotatable bonds is 6. The van der Waals surface area contributed by atoms with Gasteiger partial charge in [-0.25, -0.2) is 0 Å². The lowest BCUT2D eigenvalue weighted by atomic mass is 10.0. The van der Waals surface area contributed by atoms with E-state index in [0.29, 0.717) is 6.54 Å². The van der Waals surface area contributed by atoms with Gasteiger partial charge in [0, 0.05) is 13.2 Å². The van der Waals surface area contributed by atoms with Crippen molar-refractivity contribution >= 4 is 11.7 Å². The van der Waals surface area contributed by atoms with Crippen LogP contribution < -0.4 is 5.32 Å². The Hall–Kier alpha value is -0.940. The monoisotopic (exact) mass is 256 g/mol. The molecule has 1 fully saturated rings. The number of nitrogens with zero attached hydrogens (tertiary/aromatic N) is 1. The van der Waals surface area contributed by atoms with Crippen LogP contribution in [0.25, 0.3) is 0 Å². The van der Waals surface area contributed by atoms with Gasteiger partial charge in [-0.1, -0.05) is 13.8 Å². The van der Waals surface area contributed by atoms with Gasteiger partial charge in [0.25, 0.3) is 0 Å². The number of likely N-dealkylation sites (tertiary alicyclic amines) is 1. The second-order valence-corrected chi connectivity index (χ2v) is 5.47. The van der Waals surface area contributed by atoms with Crippen molar-refractivity contribution in [1.29, 1.82) is 0 Å². The predicted octanol–water partition coefficient (Wildman–Crippen LogP) is 0.0304. The van der Waals surface area contributed by atoms with Crippen LogP contribution in [0.3, 0.4) is 0 Å². The number of hydrogen-bond acceptors (Lipinski definition) is 4. The second-order valence-electron chi connectivity index (χ2n) is 5.47. The number of amides is 1. The van der Waals surface area contributed by atoms with Crippen molar-refractivity contribution in [1.82, 2.24) is 10.2 Å². The molecule has 1 heterocycles. The summed E-state index contributed by atoms with van der Waals surface area (Å²) < 4.78 is 0. The minimum Gasteiger partial charge on any atom is -0.396 e. The molecule has 0 radical (unpaired) electrons. The minimum atomic E-state index is -0.395. The first kappa shape index (κ1) is 15.1. The molecular weight excluding hydrogens is 232 g/mol. The Morgan fingerprint density at radius 1 is 1.44 bits per heavy atom. The molecule has 2 atom stereocenters. The highest BCUT2D eigenvalue weighted by Crippen LogP contribution is 2.14. The Balaban J connectivity index is 2.39. The number of carbonyl (C=O) groups excluding carboxylic acids is 2. The molecule has 1 aliphatic rings. The zero-order chi connectivity index (χ0) is 13.7. The Labute approximate surface area is 109 Å². The molecule has 1 rings (SSSR count). The summed E-state index contributed by atoms with van der Waals surface area (Å²) in [6, 6.07) is -0.395. The normalized spacial score (nSPS) is 22.2. The molecule has 18 heavy (non-hydrogen) atoms. The number of aliphatic hydroxyl groups is 1. The third-order valence-electron chi connectivity index (χ3n) is 3.42. The molecule has 0 aliphatic carbocycles. The SMILES string of the molecule is CC(=O)C(NC(=O)CN1CCC(CO)C1)C(C)C. The highest BCUT2D eigenvalue weighted by molar-refractivity contribution is 5.88. The first-order valence-electron chi connectivity index (χ1n) is 6.57.